The summed E-state index contributed by atoms with van der Waals surface area (Å²) < 4.78 is 1.76. The molecule has 0 aliphatic carbocycles. The Kier molecular flexibility index (Phi) is 2.83. The van der Waals surface area contributed by atoms with E-state index in [2.05, 4.69) is 11.3 Å². The van der Waals surface area contributed by atoms with E-state index in [0.29, 0.717) is 6.54 Å². The first kappa shape index (κ1) is 9.93. The van der Waals surface area contributed by atoms with E-state index in [1.54, 1.807) is 4.68 Å². The van der Waals surface area contributed by atoms with Crippen LogP contribution in [0.2, 0.25) is 0 Å². The fourth-order valence-corrected chi connectivity index (χ4v) is 1.44. The summed E-state index contributed by atoms with van der Waals surface area (Å²) >= 11 is 0. The third-order valence-electron chi connectivity index (χ3n) is 2.11. The molecule has 0 saturated carbocycles. The van der Waals surface area contributed by atoms with Gasteiger partial charge in [-0.3, -0.25) is 4.68 Å². The Morgan fingerprint density at radius 2 is 2.13 bits per heavy atom. The normalized spacial score (nSPS) is 12.7. The minimum atomic E-state index is 0.102. The van der Waals surface area contributed by atoms with Crippen LogP contribution in [0.1, 0.15) is 6.92 Å². The van der Waals surface area contributed by atoms with Gasteiger partial charge in [0.15, 0.2) is 0 Å². The number of nitrogens with zero attached hydrogens (tertiary/aromatic N) is 2. The topological polar surface area (TPSA) is 43.8 Å². The molecule has 2 N–H and O–H groups in total. The second kappa shape index (κ2) is 4.28. The second-order valence-electron chi connectivity index (χ2n) is 3.68. The lowest BCUT2D eigenvalue weighted by molar-refractivity contribution is 0.537. The summed E-state index contributed by atoms with van der Waals surface area (Å²) in [6.07, 6.45) is 3.06. The predicted octanol–water partition coefficient (Wildman–Crippen LogP) is 1.70. The lowest BCUT2D eigenvalue weighted by Gasteiger charge is -2.03. The molecule has 1 atom stereocenters. The molecule has 2 rings (SSSR count). The number of nitrogens with two attached hydrogens (primary N) is 1. The quantitative estimate of drug-likeness (QED) is 0.819. The lowest BCUT2D eigenvalue weighted by Crippen LogP contribution is -2.22. The maximum atomic E-state index is 5.69. The van der Waals surface area contributed by atoms with E-state index in [4.69, 9.17) is 5.73 Å². The van der Waals surface area contributed by atoms with Crippen LogP contribution in [-0.2, 0) is 6.54 Å². The highest BCUT2D eigenvalue weighted by molar-refractivity contribution is 5.57. The summed E-state index contributed by atoms with van der Waals surface area (Å²) in [5, 5.41) is 4.40. The first-order valence-electron chi connectivity index (χ1n) is 5.02. The lowest BCUT2D eigenvalue weighted by atomic mass is 10.2. The molecule has 0 aliphatic heterocycles. The number of benzene rings is 1. The number of aromatic nitrogens is 2. The molecule has 3 nitrogen and oxygen atoms in total. The van der Waals surface area contributed by atoms with Gasteiger partial charge >= 0.3 is 0 Å². The molecule has 1 unspecified atom stereocenters. The van der Waals surface area contributed by atoms with Gasteiger partial charge in [-0.15, -0.1) is 0 Å². The first-order chi connectivity index (χ1) is 7.25. The average molecular weight is 200 g/mol. The molecule has 0 aliphatic rings. The fraction of sp³-hybridized carbons (Fsp3) is 0.250. The molecular weight excluding hydrogens is 186 g/mol. The molecule has 0 amide bonds. The van der Waals surface area contributed by atoms with Crippen molar-refractivity contribution in [3.05, 3.63) is 42.6 Å². The summed E-state index contributed by atoms with van der Waals surface area (Å²) in [5.74, 6) is 0. The molecule has 77 valence electrons. The molecule has 0 spiro atoms. The van der Waals surface area contributed by atoms with Crippen molar-refractivity contribution in [3.63, 3.8) is 0 Å². The van der Waals surface area contributed by atoms with Crippen molar-refractivity contribution in [2.75, 3.05) is 0 Å². The highest BCUT2D eigenvalue weighted by atomic mass is 15.3. The van der Waals surface area contributed by atoms with Crippen LogP contribution in [0.5, 0.6) is 0 Å². The maximum Gasteiger partial charge on any atom is 0.0930 e. The Morgan fingerprint density at radius 1 is 1.40 bits per heavy atom. The van der Waals surface area contributed by atoms with E-state index >= 15 is 0 Å². The summed E-state index contributed by atoms with van der Waals surface area (Å²) in [4.78, 5) is 0. The maximum absolute atomic E-state index is 5.69. The Bertz CT molecular complexity index is 417. The number of rotatable bonds is 3. The van der Waals surface area contributed by atoms with Crippen LogP contribution < -0.4 is 5.73 Å². The molecule has 1 radical (unpaired) electrons. The van der Waals surface area contributed by atoms with Gasteiger partial charge in [0.1, 0.15) is 0 Å². The Hall–Kier alpha value is -1.61. The molecule has 1 aromatic heterocycles. The smallest absolute Gasteiger partial charge is 0.0930 e. The number of hydrogen-bond acceptors (Lipinski definition) is 2. The van der Waals surface area contributed by atoms with Crippen LogP contribution in [0.4, 0.5) is 0 Å². The van der Waals surface area contributed by atoms with E-state index in [-0.39, 0.29) is 6.04 Å². The minimum Gasteiger partial charge on any atom is -0.326 e. The highest BCUT2D eigenvalue weighted by Crippen LogP contribution is 2.15. The zero-order chi connectivity index (χ0) is 10.7. The Labute approximate surface area is 89.5 Å². The van der Waals surface area contributed by atoms with Crippen molar-refractivity contribution in [2.24, 2.45) is 5.73 Å². The van der Waals surface area contributed by atoms with Gasteiger partial charge in [-0.05, 0) is 13.0 Å². The van der Waals surface area contributed by atoms with Crippen molar-refractivity contribution in [1.29, 1.82) is 0 Å². The van der Waals surface area contributed by atoms with E-state index < -0.39 is 0 Å². The summed E-state index contributed by atoms with van der Waals surface area (Å²) in [5.41, 5.74) is 7.74. The molecule has 0 saturated heterocycles. The van der Waals surface area contributed by atoms with E-state index in [1.165, 1.54) is 0 Å². The van der Waals surface area contributed by atoms with Gasteiger partial charge in [0.2, 0.25) is 0 Å². The summed E-state index contributed by atoms with van der Waals surface area (Å²) in [6, 6.07) is 12.0. The van der Waals surface area contributed by atoms with Gasteiger partial charge < -0.3 is 5.73 Å². The molecule has 3 heteroatoms. The molecule has 15 heavy (non-hydrogen) atoms. The Morgan fingerprint density at radius 3 is 2.80 bits per heavy atom. The third-order valence-corrected chi connectivity index (χ3v) is 2.11. The van der Waals surface area contributed by atoms with Crippen molar-refractivity contribution >= 4 is 0 Å². The van der Waals surface area contributed by atoms with Gasteiger partial charge in [0.25, 0.3) is 0 Å². The average Bonchev–Trinajstić information content (AvgIpc) is 2.67. The molecule has 1 aromatic carbocycles. The summed E-state index contributed by atoms with van der Waals surface area (Å²) in [6.45, 7) is 2.66. The van der Waals surface area contributed by atoms with E-state index in [1.807, 2.05) is 43.3 Å². The van der Waals surface area contributed by atoms with Crippen molar-refractivity contribution in [3.8, 4) is 11.3 Å². The van der Waals surface area contributed by atoms with Crippen molar-refractivity contribution in [2.45, 2.75) is 19.5 Å². The van der Waals surface area contributed by atoms with Crippen LogP contribution in [-0.4, -0.2) is 15.8 Å². The van der Waals surface area contributed by atoms with Gasteiger partial charge in [0, 0.05) is 11.6 Å². The van der Waals surface area contributed by atoms with Gasteiger partial charge in [-0.25, -0.2) is 0 Å². The zero-order valence-electron chi connectivity index (χ0n) is 8.72. The van der Waals surface area contributed by atoms with Crippen LogP contribution in [0.15, 0.2) is 36.4 Å². The van der Waals surface area contributed by atoms with Gasteiger partial charge in [-0.1, -0.05) is 30.3 Å². The van der Waals surface area contributed by atoms with Crippen LogP contribution in [0, 0.1) is 6.20 Å². The van der Waals surface area contributed by atoms with Crippen LogP contribution in [0.25, 0.3) is 11.3 Å². The minimum absolute atomic E-state index is 0.102. The molecule has 0 bridgehead atoms. The van der Waals surface area contributed by atoms with Crippen LogP contribution in [0.3, 0.4) is 0 Å². The zero-order valence-corrected chi connectivity index (χ0v) is 8.72. The van der Waals surface area contributed by atoms with Gasteiger partial charge in [0.05, 0.1) is 18.4 Å². The fourth-order valence-electron chi connectivity index (χ4n) is 1.44. The molecular formula is C12H14N3. The van der Waals surface area contributed by atoms with Gasteiger partial charge in [-0.2, -0.15) is 5.10 Å². The van der Waals surface area contributed by atoms with Crippen LogP contribution >= 0.6 is 0 Å². The summed E-state index contributed by atoms with van der Waals surface area (Å²) in [7, 11) is 0. The molecule has 1 heterocycles. The predicted molar refractivity (Wildman–Crippen MR) is 60.1 cm³/mol. The van der Waals surface area contributed by atoms with E-state index in [9.17, 15) is 0 Å². The van der Waals surface area contributed by atoms with Crippen molar-refractivity contribution in [1.82, 2.24) is 9.78 Å². The van der Waals surface area contributed by atoms with Crippen molar-refractivity contribution < 1.29 is 0 Å². The second-order valence-corrected chi connectivity index (χ2v) is 3.68. The first-order valence-corrected chi connectivity index (χ1v) is 5.02. The largest absolute Gasteiger partial charge is 0.326 e. The Balaban J connectivity index is 2.21. The molecule has 0 fully saturated rings. The monoisotopic (exact) mass is 200 g/mol. The molecule has 2 aromatic rings. The van der Waals surface area contributed by atoms with E-state index in [0.717, 1.165) is 11.3 Å². The third kappa shape index (κ3) is 2.44. The standard InChI is InChI=1S/C12H14N3/c1-10(13)9-15-8-7-12(14-15)11-5-3-2-4-6-11/h2-7,10H,9,13H2,1H3. The highest BCUT2D eigenvalue weighted by Gasteiger charge is 2.03. The number of hydrogen-bond donors (Lipinski definition) is 1. The SMILES string of the molecule is CC(N)Cn1[c]cc(-c2ccccc2)n1.